The van der Waals surface area contributed by atoms with Gasteiger partial charge < -0.3 is 55.7 Å². The molecule has 0 aliphatic carbocycles. The maximum Gasteiger partial charge on any atom is 0.326 e. The van der Waals surface area contributed by atoms with E-state index < -0.39 is 54.3 Å². The zero-order valence-electron chi connectivity index (χ0n) is 55.1. The molecular formula is C66H91ClN14O10S2. The fourth-order valence-corrected chi connectivity index (χ4v) is 13.3. The standard InChI is InChI=1S/C33H45N7O5S.C26H39N7O2.C7H7ClO3S/c1-6-26-30(35-20-28(32(41)45-33(2,3)4)39-46(42,43)25-12-10-24(44-5)11-13-25)36-21-37-31(26)40-18-15-22(16-19-40)27-14-9-23-8-7-17-34-29(23)38-27;1-5-19-23(29-15-20(27)25(34)35-26(2,3)4)30-16-31-24(19)33-13-10-17(11-14-33)21-9-8-18-7-6-12-28-22(18)32-21;1-11-6-2-4-7(5-3-6)12(8,9)10/h9-14,21-22,28,39H,6-8,15-20H2,1-5H3,(H,34,38)(H,35,36,37);8-9,16-17,20H,5-7,10-15,27H2,1-4H3,(H,28,32)(H,29,30,31);2-5H,1H3/t28-;20-;/m00./s1. The Morgan fingerprint density at radius 2 is 1.03 bits per heavy atom. The van der Waals surface area contributed by atoms with Gasteiger partial charge in [-0.2, -0.15) is 4.72 Å². The molecule has 27 heteroatoms. The van der Waals surface area contributed by atoms with Crippen LogP contribution in [-0.4, -0.2) is 149 Å². The lowest BCUT2D eigenvalue weighted by Crippen LogP contribution is -2.48. The second-order valence-corrected chi connectivity index (χ2v) is 29.5. The number of halogens is 1. The minimum atomic E-state index is -4.06. The van der Waals surface area contributed by atoms with Crippen molar-refractivity contribution in [2.45, 2.75) is 165 Å². The monoisotopic (exact) mass is 1340 g/mol. The summed E-state index contributed by atoms with van der Waals surface area (Å²) in [6.07, 6.45) is 13.0. The molecule has 0 saturated carbocycles. The van der Waals surface area contributed by atoms with Crippen molar-refractivity contribution in [1.82, 2.24) is 34.6 Å². The van der Waals surface area contributed by atoms with Gasteiger partial charge in [-0.1, -0.05) is 26.0 Å². The van der Waals surface area contributed by atoms with Gasteiger partial charge in [-0.15, -0.1) is 0 Å². The van der Waals surface area contributed by atoms with Crippen LogP contribution >= 0.6 is 10.7 Å². The first kappa shape index (κ1) is 71.2. The van der Waals surface area contributed by atoms with Crippen LogP contribution in [0.15, 0.2) is 95.2 Å². The van der Waals surface area contributed by atoms with Crippen LogP contribution in [0, 0.1) is 0 Å². The number of nitrogens with zero attached hydrogens (tertiary/aromatic N) is 8. The number of fused-ring (bicyclic) bond motifs is 2. The Bertz CT molecular complexity index is 3710. The molecule has 93 heavy (non-hydrogen) atoms. The van der Waals surface area contributed by atoms with Crippen molar-refractivity contribution < 1.29 is 45.4 Å². The average molecular weight is 1340 g/mol. The van der Waals surface area contributed by atoms with E-state index in [4.69, 9.17) is 45.3 Å². The fraction of sp³-hybridized carbons (Fsp3) is 0.515. The fourth-order valence-electron chi connectivity index (χ4n) is 11.4. The van der Waals surface area contributed by atoms with Crippen molar-refractivity contribution in [3.05, 3.63) is 119 Å². The number of hydrogen-bond acceptors (Lipinski definition) is 23. The molecule has 504 valence electrons. The van der Waals surface area contributed by atoms with Gasteiger partial charge in [0.05, 0.1) is 24.0 Å². The summed E-state index contributed by atoms with van der Waals surface area (Å²) in [5.41, 5.74) is 11.6. The normalized spacial score (nSPS) is 16.0. The molecule has 8 heterocycles. The predicted molar refractivity (Wildman–Crippen MR) is 363 cm³/mol. The summed E-state index contributed by atoms with van der Waals surface area (Å²) < 4.78 is 71.6. The largest absolute Gasteiger partial charge is 0.497 e. The molecule has 0 amide bonds. The van der Waals surface area contributed by atoms with Gasteiger partial charge in [0.1, 0.15) is 82.3 Å². The van der Waals surface area contributed by atoms with Gasteiger partial charge in [-0.25, -0.2) is 46.7 Å². The molecule has 7 N–H and O–H groups in total. The minimum absolute atomic E-state index is 0.00526. The Kier molecular flexibility index (Phi) is 24.5. The van der Waals surface area contributed by atoms with Gasteiger partial charge >= 0.3 is 11.9 Å². The summed E-state index contributed by atoms with van der Waals surface area (Å²) in [5, 5.41) is 13.4. The third-order valence-electron chi connectivity index (χ3n) is 16.2. The number of nitrogens with two attached hydrogens (primary N) is 1. The van der Waals surface area contributed by atoms with Gasteiger partial charge in [-0.05, 0) is 178 Å². The summed E-state index contributed by atoms with van der Waals surface area (Å²) >= 11 is 0. The zero-order valence-corrected chi connectivity index (χ0v) is 57.4. The number of anilines is 6. The molecular weight excluding hydrogens is 1250 g/mol. The number of methoxy groups -OCH3 is 2. The van der Waals surface area contributed by atoms with Crippen molar-refractivity contribution in [2.24, 2.45) is 5.73 Å². The first-order valence-corrected chi connectivity index (χ1v) is 35.6. The lowest BCUT2D eigenvalue weighted by molar-refractivity contribution is -0.157. The molecule has 4 aliphatic heterocycles. The Hall–Kier alpha value is -7.65. The third-order valence-corrected chi connectivity index (χ3v) is 19.0. The van der Waals surface area contributed by atoms with Crippen LogP contribution in [0.4, 0.5) is 34.9 Å². The smallest absolute Gasteiger partial charge is 0.326 e. The summed E-state index contributed by atoms with van der Waals surface area (Å²) in [6, 6.07) is 18.7. The van der Waals surface area contributed by atoms with Crippen molar-refractivity contribution in [1.29, 1.82) is 0 Å². The molecule has 2 saturated heterocycles. The highest BCUT2D eigenvalue weighted by Crippen LogP contribution is 2.36. The van der Waals surface area contributed by atoms with E-state index in [1.807, 2.05) is 27.7 Å². The van der Waals surface area contributed by atoms with E-state index in [1.54, 1.807) is 39.2 Å². The molecule has 2 atom stereocenters. The van der Waals surface area contributed by atoms with E-state index in [1.165, 1.54) is 80.2 Å². The quantitative estimate of drug-likeness (QED) is 0.0306. The highest BCUT2D eigenvalue weighted by Gasteiger charge is 2.33. The van der Waals surface area contributed by atoms with Crippen LogP contribution in [0.25, 0.3) is 0 Å². The molecule has 2 aromatic carbocycles. The number of ether oxygens (including phenoxy) is 4. The summed E-state index contributed by atoms with van der Waals surface area (Å²) in [6.45, 7) is 20.5. The van der Waals surface area contributed by atoms with E-state index in [0.29, 0.717) is 35.6 Å². The molecule has 0 spiro atoms. The molecule has 4 aliphatic rings. The van der Waals surface area contributed by atoms with Crippen LogP contribution in [0.3, 0.4) is 0 Å². The van der Waals surface area contributed by atoms with Crippen molar-refractivity contribution in [3.63, 3.8) is 0 Å². The van der Waals surface area contributed by atoms with E-state index in [2.05, 4.69) is 86.9 Å². The highest BCUT2D eigenvalue weighted by molar-refractivity contribution is 8.13. The second-order valence-electron chi connectivity index (χ2n) is 25.2. The van der Waals surface area contributed by atoms with Gasteiger partial charge in [0.15, 0.2) is 0 Å². The maximum absolute atomic E-state index is 13.3. The molecule has 6 aromatic rings. The van der Waals surface area contributed by atoms with E-state index in [9.17, 15) is 26.4 Å². The van der Waals surface area contributed by atoms with Crippen LogP contribution in [-0.2, 0) is 63.8 Å². The predicted octanol–water partition coefficient (Wildman–Crippen LogP) is 9.17. The average Bonchev–Trinajstić information content (AvgIpc) is 0.862. The topological polar surface area (TPSA) is 309 Å². The zero-order chi connectivity index (χ0) is 67.1. The van der Waals surface area contributed by atoms with Crippen LogP contribution in [0.1, 0.15) is 139 Å². The highest BCUT2D eigenvalue weighted by atomic mass is 35.7. The molecule has 0 unspecified atom stereocenters. The minimum Gasteiger partial charge on any atom is -0.497 e. The Morgan fingerprint density at radius 3 is 1.44 bits per heavy atom. The Labute approximate surface area is 552 Å². The number of rotatable bonds is 20. The SMILES string of the molecule is CCc1c(NC[C@H](N)C(=O)OC(C)(C)C)ncnc1N1CCC(c2ccc3c(n2)NCCC3)CC1.CCc1c(NC[C@H](NS(=O)(=O)c2ccc(OC)cc2)C(=O)OC(C)(C)C)ncnc1N1CCC(c2ccc3c(n2)NCCC3)CC1.COc1ccc(S(=O)(=O)Cl)cc1. The number of piperidine rings is 2. The number of sulfonamides is 1. The van der Waals surface area contributed by atoms with Gasteiger partial charge in [0.25, 0.3) is 9.05 Å². The van der Waals surface area contributed by atoms with Gasteiger partial charge in [-0.3, -0.25) is 9.59 Å². The number of nitrogens with one attached hydrogen (secondary N) is 5. The number of aromatic nitrogens is 6. The van der Waals surface area contributed by atoms with Crippen molar-refractivity contribution in [2.75, 3.05) is 97.6 Å². The summed E-state index contributed by atoms with van der Waals surface area (Å²) in [7, 11) is 0.421. The van der Waals surface area contributed by atoms with E-state index >= 15 is 0 Å². The first-order chi connectivity index (χ1) is 44.3. The van der Waals surface area contributed by atoms with Crippen LogP contribution in [0.2, 0.25) is 0 Å². The third kappa shape index (κ3) is 19.9. The molecule has 24 nitrogen and oxygen atoms in total. The van der Waals surface area contributed by atoms with Crippen LogP contribution < -0.4 is 51.0 Å². The second kappa shape index (κ2) is 32.0. The van der Waals surface area contributed by atoms with E-state index in [0.717, 1.165) is 137 Å². The van der Waals surface area contributed by atoms with Gasteiger partial charge in [0, 0.05) is 97.4 Å². The number of carbonyl (C=O) groups excluding carboxylic acids is 2. The van der Waals surface area contributed by atoms with Gasteiger partial charge in [0.2, 0.25) is 10.0 Å². The molecule has 0 radical (unpaired) electrons. The number of esters is 2. The lowest BCUT2D eigenvalue weighted by Gasteiger charge is -2.34. The summed E-state index contributed by atoms with van der Waals surface area (Å²) in [5.74, 6) is 5.99. The molecule has 2 fully saturated rings. The Balaban J connectivity index is 0.000000207. The number of aryl methyl sites for hydroxylation is 2. The summed E-state index contributed by atoms with van der Waals surface area (Å²) in [4.78, 5) is 58.3. The number of benzene rings is 2. The maximum atomic E-state index is 13.3. The van der Waals surface area contributed by atoms with E-state index in [-0.39, 0.29) is 22.9 Å². The number of carbonyl (C=O) groups is 2. The number of hydrogen-bond donors (Lipinski definition) is 6. The lowest BCUT2D eigenvalue weighted by atomic mass is 9.92. The Morgan fingerprint density at radius 1 is 0.613 bits per heavy atom. The molecule has 0 bridgehead atoms. The molecule has 10 rings (SSSR count). The van der Waals surface area contributed by atoms with Crippen molar-refractivity contribution >= 4 is 76.6 Å². The van der Waals surface area contributed by atoms with Crippen molar-refractivity contribution in [3.8, 4) is 11.5 Å². The van der Waals surface area contributed by atoms with Crippen LogP contribution in [0.5, 0.6) is 11.5 Å². The first-order valence-electron chi connectivity index (χ1n) is 31.8. The number of pyridine rings is 2. The molecule has 4 aromatic heterocycles.